The normalized spacial score (nSPS) is 24.9. The van der Waals surface area contributed by atoms with Crippen LogP contribution in [0.4, 0.5) is 0 Å². The van der Waals surface area contributed by atoms with E-state index in [1.807, 2.05) is 0 Å². The lowest BCUT2D eigenvalue weighted by atomic mass is 10.1. The molecule has 0 aliphatic carbocycles. The molecule has 0 aromatic heterocycles. The van der Waals surface area contributed by atoms with Crippen molar-refractivity contribution in [2.24, 2.45) is 5.92 Å². The highest BCUT2D eigenvalue weighted by atomic mass is 32.2. The molecule has 0 radical (unpaired) electrons. The van der Waals surface area contributed by atoms with Crippen LogP contribution < -0.4 is 10.6 Å². The molecule has 100 valence electrons. The fourth-order valence-corrected chi connectivity index (χ4v) is 3.10. The zero-order chi connectivity index (χ0) is 12.7. The molecule has 0 aromatic carbocycles. The van der Waals surface area contributed by atoms with Gasteiger partial charge < -0.3 is 10.6 Å². The number of nitrogens with one attached hydrogen (secondary N) is 2. The molecule has 0 aromatic rings. The molecule has 1 aliphatic heterocycles. The van der Waals surface area contributed by atoms with Crippen molar-refractivity contribution in [3.05, 3.63) is 0 Å². The average Bonchev–Trinajstić information content (AvgIpc) is 2.28. The van der Waals surface area contributed by atoms with E-state index in [1.165, 1.54) is 0 Å². The first-order chi connectivity index (χ1) is 8.08. The van der Waals surface area contributed by atoms with Crippen molar-refractivity contribution in [2.75, 3.05) is 24.6 Å². The van der Waals surface area contributed by atoms with E-state index in [4.69, 9.17) is 0 Å². The maximum Gasteiger partial charge on any atom is 0.233 e. The van der Waals surface area contributed by atoms with E-state index >= 15 is 0 Å². The number of carbonyl (C=O) groups is 1. The first-order valence-electron chi connectivity index (χ1n) is 6.43. The summed E-state index contributed by atoms with van der Waals surface area (Å²) < 4.78 is 11.2. The summed E-state index contributed by atoms with van der Waals surface area (Å²) in [4.78, 5) is 11.5. The molecule has 4 nitrogen and oxygen atoms in total. The van der Waals surface area contributed by atoms with Gasteiger partial charge >= 0.3 is 0 Å². The maximum atomic E-state index is 11.5. The first-order valence-corrected chi connectivity index (χ1v) is 7.91. The zero-order valence-electron chi connectivity index (χ0n) is 10.8. The molecule has 0 saturated carbocycles. The van der Waals surface area contributed by atoms with Gasteiger partial charge in [0, 0.05) is 34.9 Å². The highest BCUT2D eigenvalue weighted by molar-refractivity contribution is 7.85. The second-order valence-electron chi connectivity index (χ2n) is 5.04. The van der Waals surface area contributed by atoms with Crippen LogP contribution in [0.25, 0.3) is 0 Å². The standard InChI is InChI=1S/C12H24N2O2S/c1-10(2)3-6-13-12(15)9-14-11-4-7-17(16)8-5-11/h10-11,14H,3-9H2,1-2H3,(H,13,15). The Bertz CT molecular complexity index is 259. The Labute approximate surface area is 106 Å². The second-order valence-corrected chi connectivity index (χ2v) is 6.73. The highest BCUT2D eigenvalue weighted by Gasteiger charge is 2.17. The van der Waals surface area contributed by atoms with Gasteiger partial charge in [-0.15, -0.1) is 0 Å². The summed E-state index contributed by atoms with van der Waals surface area (Å²) in [6.07, 6.45) is 2.87. The summed E-state index contributed by atoms with van der Waals surface area (Å²) in [5, 5.41) is 6.13. The van der Waals surface area contributed by atoms with Crippen molar-refractivity contribution in [3.63, 3.8) is 0 Å². The van der Waals surface area contributed by atoms with Crippen molar-refractivity contribution >= 4 is 16.7 Å². The largest absolute Gasteiger partial charge is 0.355 e. The summed E-state index contributed by atoms with van der Waals surface area (Å²) in [7, 11) is -0.626. The summed E-state index contributed by atoms with van der Waals surface area (Å²) in [5.74, 6) is 2.23. The minimum absolute atomic E-state index is 0.0670. The van der Waals surface area contributed by atoms with E-state index in [0.29, 0.717) is 18.5 Å². The topological polar surface area (TPSA) is 58.2 Å². The molecule has 0 bridgehead atoms. The van der Waals surface area contributed by atoms with Gasteiger partial charge in [0.25, 0.3) is 0 Å². The van der Waals surface area contributed by atoms with E-state index in [0.717, 1.165) is 37.3 Å². The van der Waals surface area contributed by atoms with Gasteiger partial charge in [-0.1, -0.05) is 13.8 Å². The third-order valence-electron chi connectivity index (χ3n) is 2.98. The number of hydrogen-bond acceptors (Lipinski definition) is 3. The molecular weight excluding hydrogens is 236 g/mol. The molecule has 1 rings (SSSR count). The summed E-state index contributed by atoms with van der Waals surface area (Å²) in [6.45, 7) is 5.43. The molecule has 0 spiro atoms. The van der Waals surface area contributed by atoms with Crippen molar-refractivity contribution in [3.8, 4) is 0 Å². The Kier molecular flexibility index (Phi) is 6.73. The number of carbonyl (C=O) groups excluding carboxylic acids is 1. The highest BCUT2D eigenvalue weighted by Crippen LogP contribution is 2.08. The first kappa shape index (κ1) is 14.6. The molecule has 17 heavy (non-hydrogen) atoms. The van der Waals surface area contributed by atoms with Gasteiger partial charge in [-0.05, 0) is 25.2 Å². The van der Waals surface area contributed by atoms with E-state index in [2.05, 4.69) is 24.5 Å². The number of rotatable bonds is 6. The van der Waals surface area contributed by atoms with Crippen LogP contribution in [-0.4, -0.2) is 40.8 Å². The lowest BCUT2D eigenvalue weighted by molar-refractivity contribution is -0.120. The Hall–Kier alpha value is -0.420. The Morgan fingerprint density at radius 1 is 1.35 bits per heavy atom. The lowest BCUT2D eigenvalue weighted by Crippen LogP contribution is -2.42. The van der Waals surface area contributed by atoms with Crippen molar-refractivity contribution < 1.29 is 9.00 Å². The van der Waals surface area contributed by atoms with E-state index in [1.54, 1.807) is 0 Å². The third kappa shape index (κ3) is 6.78. The van der Waals surface area contributed by atoms with Gasteiger partial charge in [0.05, 0.1) is 6.54 Å². The van der Waals surface area contributed by atoms with Gasteiger partial charge in [-0.25, -0.2) is 0 Å². The van der Waals surface area contributed by atoms with Gasteiger partial charge in [0.15, 0.2) is 0 Å². The minimum Gasteiger partial charge on any atom is -0.355 e. The van der Waals surface area contributed by atoms with E-state index < -0.39 is 10.8 Å². The number of hydrogen-bond donors (Lipinski definition) is 2. The molecule has 2 N–H and O–H groups in total. The predicted molar refractivity (Wildman–Crippen MR) is 71.4 cm³/mol. The monoisotopic (exact) mass is 260 g/mol. The van der Waals surface area contributed by atoms with Gasteiger partial charge in [-0.3, -0.25) is 9.00 Å². The average molecular weight is 260 g/mol. The second kappa shape index (κ2) is 7.82. The summed E-state index contributed by atoms with van der Waals surface area (Å²) in [5.41, 5.74) is 0. The molecule has 1 aliphatic rings. The van der Waals surface area contributed by atoms with Crippen LogP contribution in [0, 0.1) is 5.92 Å². The van der Waals surface area contributed by atoms with E-state index in [9.17, 15) is 9.00 Å². The molecule has 1 saturated heterocycles. The van der Waals surface area contributed by atoms with Crippen LogP contribution >= 0.6 is 0 Å². The summed E-state index contributed by atoms with van der Waals surface area (Å²) >= 11 is 0. The lowest BCUT2D eigenvalue weighted by Gasteiger charge is -2.22. The van der Waals surface area contributed by atoms with Crippen molar-refractivity contribution in [1.29, 1.82) is 0 Å². The summed E-state index contributed by atoms with van der Waals surface area (Å²) in [6, 6.07) is 0.364. The Balaban J connectivity index is 2.05. The fourth-order valence-electron chi connectivity index (χ4n) is 1.80. The van der Waals surface area contributed by atoms with E-state index in [-0.39, 0.29) is 5.91 Å². The Morgan fingerprint density at radius 2 is 2.00 bits per heavy atom. The number of amides is 1. The molecule has 0 atom stereocenters. The molecule has 1 fully saturated rings. The van der Waals surface area contributed by atoms with Gasteiger partial charge in [-0.2, -0.15) is 0 Å². The van der Waals surface area contributed by atoms with Crippen LogP contribution in [0.3, 0.4) is 0 Å². The quantitative estimate of drug-likeness (QED) is 0.737. The Morgan fingerprint density at radius 3 is 2.59 bits per heavy atom. The molecule has 1 heterocycles. The van der Waals surface area contributed by atoms with Crippen LogP contribution in [0.15, 0.2) is 0 Å². The molecule has 5 heteroatoms. The van der Waals surface area contributed by atoms with Crippen LogP contribution in [-0.2, 0) is 15.6 Å². The van der Waals surface area contributed by atoms with Gasteiger partial charge in [0.2, 0.25) is 5.91 Å². The zero-order valence-corrected chi connectivity index (χ0v) is 11.6. The SMILES string of the molecule is CC(C)CCNC(=O)CNC1CCS(=O)CC1. The fraction of sp³-hybridized carbons (Fsp3) is 0.917. The van der Waals surface area contributed by atoms with Crippen LogP contribution in [0.5, 0.6) is 0 Å². The van der Waals surface area contributed by atoms with Crippen LogP contribution in [0.2, 0.25) is 0 Å². The molecule has 1 amide bonds. The maximum absolute atomic E-state index is 11.5. The van der Waals surface area contributed by atoms with Crippen LogP contribution in [0.1, 0.15) is 33.1 Å². The molecular formula is C12H24N2O2S. The predicted octanol–water partition coefficient (Wildman–Crippen LogP) is 0.649. The van der Waals surface area contributed by atoms with Crippen molar-refractivity contribution in [2.45, 2.75) is 39.2 Å². The van der Waals surface area contributed by atoms with Crippen molar-refractivity contribution in [1.82, 2.24) is 10.6 Å². The minimum atomic E-state index is -0.626. The third-order valence-corrected chi connectivity index (χ3v) is 4.37. The van der Waals surface area contributed by atoms with Gasteiger partial charge in [0.1, 0.15) is 0 Å². The smallest absolute Gasteiger partial charge is 0.233 e. The molecule has 0 unspecified atom stereocenters.